The highest BCUT2D eigenvalue weighted by atomic mass is 35.5. The van der Waals surface area contributed by atoms with Gasteiger partial charge in [-0.15, -0.1) is 0 Å². The van der Waals surface area contributed by atoms with Gasteiger partial charge in [0.05, 0.1) is 11.7 Å². The van der Waals surface area contributed by atoms with Gasteiger partial charge in [-0.25, -0.2) is 0 Å². The summed E-state index contributed by atoms with van der Waals surface area (Å²) in [5, 5.41) is 18.9. The number of hydrogen-bond donors (Lipinski definition) is 4. The molecule has 8 heteroatoms. The Bertz CT molecular complexity index is 1520. The summed E-state index contributed by atoms with van der Waals surface area (Å²) in [6, 6.07) is 24.4. The lowest BCUT2D eigenvalue weighted by Gasteiger charge is -2.11. The minimum Gasteiger partial charge on any atom is -0.384 e. The van der Waals surface area contributed by atoms with Crippen LogP contribution in [0.5, 0.6) is 0 Å². The van der Waals surface area contributed by atoms with Gasteiger partial charge in [0.2, 0.25) is 5.91 Å². The molecular weight excluding hydrogens is 508 g/mol. The fourth-order valence-electron chi connectivity index (χ4n) is 4.49. The summed E-state index contributed by atoms with van der Waals surface area (Å²) in [5.74, 6) is 0.0388. The standard InChI is InChI=1S/C31H31ClN6O/c32-28-17-22(7-8-26(28)24-5-2-1-3-6-24)20-34-16-11-31(39)36-13-4-12-35-29-18-25(23-9-14-33-15-10-23)19-30-27(29)21-37-38-30/h1-3,5-10,14-15,17-19,21,34-35H,4,11-13,16,20H2,(H,36,39)(H,37,38). The van der Waals surface area contributed by atoms with Crippen LogP contribution in [0.25, 0.3) is 33.2 Å². The van der Waals surface area contributed by atoms with Gasteiger partial charge in [0.1, 0.15) is 0 Å². The molecule has 0 fully saturated rings. The van der Waals surface area contributed by atoms with Crippen LogP contribution < -0.4 is 16.0 Å². The van der Waals surface area contributed by atoms with Crippen molar-refractivity contribution in [2.45, 2.75) is 19.4 Å². The average Bonchev–Trinajstić information content (AvgIpc) is 3.45. The van der Waals surface area contributed by atoms with Crippen molar-refractivity contribution in [3.05, 3.63) is 102 Å². The van der Waals surface area contributed by atoms with E-state index in [0.29, 0.717) is 26.1 Å². The predicted octanol–water partition coefficient (Wildman–Crippen LogP) is 6.04. The highest BCUT2D eigenvalue weighted by Gasteiger charge is 2.08. The van der Waals surface area contributed by atoms with Crippen molar-refractivity contribution in [1.29, 1.82) is 0 Å². The van der Waals surface area contributed by atoms with Crippen LogP contribution in [-0.4, -0.2) is 40.7 Å². The molecule has 0 saturated heterocycles. The van der Waals surface area contributed by atoms with Crippen LogP contribution in [0.3, 0.4) is 0 Å². The first-order chi connectivity index (χ1) is 19.2. The molecular formula is C31H31ClN6O. The maximum absolute atomic E-state index is 12.3. The first-order valence-corrected chi connectivity index (χ1v) is 13.5. The van der Waals surface area contributed by atoms with Gasteiger partial charge in [-0.2, -0.15) is 5.10 Å². The van der Waals surface area contributed by atoms with E-state index in [0.717, 1.165) is 62.4 Å². The number of H-pyrrole nitrogens is 1. The van der Waals surface area contributed by atoms with Gasteiger partial charge in [0, 0.05) is 66.7 Å². The Balaban J connectivity index is 1.02. The number of carbonyl (C=O) groups is 1. The maximum Gasteiger partial charge on any atom is 0.221 e. The zero-order valence-electron chi connectivity index (χ0n) is 21.6. The molecule has 39 heavy (non-hydrogen) atoms. The monoisotopic (exact) mass is 538 g/mol. The highest BCUT2D eigenvalue weighted by Crippen LogP contribution is 2.30. The van der Waals surface area contributed by atoms with E-state index in [9.17, 15) is 4.79 Å². The molecule has 2 heterocycles. The Hall–Kier alpha value is -4.20. The molecule has 0 spiro atoms. The number of anilines is 1. The minimum atomic E-state index is 0.0388. The molecule has 2 aromatic heterocycles. The summed E-state index contributed by atoms with van der Waals surface area (Å²) in [6.45, 7) is 2.61. The molecule has 4 N–H and O–H groups in total. The van der Waals surface area contributed by atoms with E-state index in [1.54, 1.807) is 12.4 Å². The second-order valence-corrected chi connectivity index (χ2v) is 9.74. The Morgan fingerprint density at radius 1 is 0.872 bits per heavy atom. The van der Waals surface area contributed by atoms with E-state index in [1.165, 1.54) is 0 Å². The largest absolute Gasteiger partial charge is 0.384 e. The minimum absolute atomic E-state index is 0.0388. The van der Waals surface area contributed by atoms with Crippen LogP contribution >= 0.6 is 11.6 Å². The first-order valence-electron chi connectivity index (χ1n) is 13.1. The zero-order valence-corrected chi connectivity index (χ0v) is 22.3. The number of nitrogens with zero attached hydrogens (tertiary/aromatic N) is 2. The van der Waals surface area contributed by atoms with Crippen molar-refractivity contribution in [1.82, 2.24) is 25.8 Å². The summed E-state index contributed by atoms with van der Waals surface area (Å²) >= 11 is 6.50. The molecule has 5 rings (SSSR count). The van der Waals surface area contributed by atoms with Crippen molar-refractivity contribution in [2.24, 2.45) is 0 Å². The Morgan fingerprint density at radius 3 is 2.54 bits per heavy atom. The Morgan fingerprint density at radius 2 is 1.72 bits per heavy atom. The van der Waals surface area contributed by atoms with Crippen molar-refractivity contribution >= 4 is 34.1 Å². The maximum atomic E-state index is 12.3. The van der Waals surface area contributed by atoms with Crippen molar-refractivity contribution in [3.8, 4) is 22.3 Å². The van der Waals surface area contributed by atoms with Crippen LogP contribution in [0.4, 0.5) is 5.69 Å². The molecule has 0 aliphatic rings. The van der Waals surface area contributed by atoms with Gasteiger partial charge in [0.15, 0.2) is 0 Å². The molecule has 0 atom stereocenters. The molecule has 0 radical (unpaired) electrons. The van der Waals surface area contributed by atoms with Crippen LogP contribution in [0, 0.1) is 0 Å². The molecule has 0 unspecified atom stereocenters. The number of rotatable bonds is 12. The molecule has 0 saturated carbocycles. The lowest BCUT2D eigenvalue weighted by molar-refractivity contribution is -0.120. The quantitative estimate of drug-likeness (QED) is 0.145. The van der Waals surface area contributed by atoms with Gasteiger partial charge < -0.3 is 16.0 Å². The van der Waals surface area contributed by atoms with Gasteiger partial charge in [-0.3, -0.25) is 14.9 Å². The topological polar surface area (TPSA) is 94.7 Å². The average molecular weight is 539 g/mol. The van der Waals surface area contributed by atoms with E-state index in [2.05, 4.69) is 49.3 Å². The van der Waals surface area contributed by atoms with E-state index in [4.69, 9.17) is 11.6 Å². The van der Waals surface area contributed by atoms with Gasteiger partial charge in [0.25, 0.3) is 0 Å². The summed E-state index contributed by atoms with van der Waals surface area (Å²) < 4.78 is 0. The summed E-state index contributed by atoms with van der Waals surface area (Å²) in [7, 11) is 0. The second kappa shape index (κ2) is 13.0. The van der Waals surface area contributed by atoms with Gasteiger partial charge >= 0.3 is 0 Å². The molecule has 5 aromatic rings. The van der Waals surface area contributed by atoms with Crippen molar-refractivity contribution in [2.75, 3.05) is 25.0 Å². The number of benzene rings is 3. The normalized spacial score (nSPS) is 11.0. The van der Waals surface area contributed by atoms with Gasteiger partial charge in [-0.1, -0.05) is 54.1 Å². The van der Waals surface area contributed by atoms with Crippen molar-refractivity contribution in [3.63, 3.8) is 0 Å². The van der Waals surface area contributed by atoms with Crippen molar-refractivity contribution < 1.29 is 4.79 Å². The molecule has 1 amide bonds. The first kappa shape index (κ1) is 26.4. The van der Waals surface area contributed by atoms with E-state index >= 15 is 0 Å². The van der Waals surface area contributed by atoms with Crippen LogP contribution in [0.15, 0.2) is 91.4 Å². The number of halogens is 1. The number of carbonyl (C=O) groups excluding carboxylic acids is 1. The third-order valence-corrected chi connectivity index (χ3v) is 6.85. The number of aromatic amines is 1. The predicted molar refractivity (Wildman–Crippen MR) is 159 cm³/mol. The number of pyridine rings is 1. The van der Waals surface area contributed by atoms with Crippen LogP contribution in [-0.2, 0) is 11.3 Å². The molecule has 0 aliphatic heterocycles. The third-order valence-electron chi connectivity index (χ3n) is 6.54. The van der Waals surface area contributed by atoms with E-state index in [-0.39, 0.29) is 5.91 Å². The van der Waals surface area contributed by atoms with Crippen LogP contribution in [0.2, 0.25) is 5.02 Å². The van der Waals surface area contributed by atoms with E-state index in [1.807, 2.05) is 60.8 Å². The lowest BCUT2D eigenvalue weighted by Crippen LogP contribution is -2.29. The SMILES string of the molecule is O=C(CCNCc1ccc(-c2ccccc2)c(Cl)c1)NCCCNc1cc(-c2ccncc2)cc2[nH]ncc12. The highest BCUT2D eigenvalue weighted by molar-refractivity contribution is 6.33. The molecule has 7 nitrogen and oxygen atoms in total. The number of fused-ring (bicyclic) bond motifs is 1. The van der Waals surface area contributed by atoms with Crippen LogP contribution in [0.1, 0.15) is 18.4 Å². The number of amides is 1. The smallest absolute Gasteiger partial charge is 0.221 e. The number of aromatic nitrogens is 3. The summed E-state index contributed by atoms with van der Waals surface area (Å²) in [4.78, 5) is 16.4. The van der Waals surface area contributed by atoms with E-state index < -0.39 is 0 Å². The molecule has 0 bridgehead atoms. The summed E-state index contributed by atoms with van der Waals surface area (Å²) in [6.07, 6.45) is 6.64. The molecule has 198 valence electrons. The molecule has 3 aromatic carbocycles. The van der Waals surface area contributed by atoms with Gasteiger partial charge in [-0.05, 0) is 59.0 Å². The third kappa shape index (κ3) is 7.02. The zero-order chi connectivity index (χ0) is 26.9. The Kier molecular flexibility index (Phi) is 8.83. The fourth-order valence-corrected chi connectivity index (χ4v) is 4.80. The Labute approximate surface area is 233 Å². The number of nitrogens with one attached hydrogen (secondary N) is 4. The summed E-state index contributed by atoms with van der Waals surface area (Å²) in [5.41, 5.74) is 7.38. The lowest BCUT2D eigenvalue weighted by atomic mass is 10.0. The second-order valence-electron chi connectivity index (χ2n) is 9.33. The fraction of sp³-hybridized carbons (Fsp3) is 0.194. The molecule has 0 aliphatic carbocycles. The number of hydrogen-bond acceptors (Lipinski definition) is 5.